The molecule has 0 unspecified atom stereocenters. The normalized spacial score (nSPS) is 22.3. The van der Waals surface area contributed by atoms with Crippen LogP contribution in [0.1, 0.15) is 48.8 Å². The van der Waals surface area contributed by atoms with Crippen LogP contribution in [-0.4, -0.2) is 102 Å². The van der Waals surface area contributed by atoms with E-state index in [0.717, 1.165) is 5.56 Å². The minimum atomic E-state index is -1.35. The molecule has 5 N–H and O–H groups in total. The van der Waals surface area contributed by atoms with Gasteiger partial charge in [0.05, 0.1) is 13.1 Å². The molecule has 1 saturated heterocycles. The maximum atomic E-state index is 14.1. The maximum absolute atomic E-state index is 14.1. The molecule has 2 aromatic carbocycles. The van der Waals surface area contributed by atoms with Gasteiger partial charge >= 0.3 is 0 Å². The molecule has 0 radical (unpaired) electrons. The van der Waals surface area contributed by atoms with Gasteiger partial charge in [-0.1, -0.05) is 35.5 Å². The van der Waals surface area contributed by atoms with E-state index in [-0.39, 0.29) is 50.7 Å². The van der Waals surface area contributed by atoms with Gasteiger partial charge in [0, 0.05) is 39.4 Å². The Labute approximate surface area is 289 Å². The lowest BCUT2D eigenvalue weighted by molar-refractivity contribution is -0.144. The van der Waals surface area contributed by atoms with Gasteiger partial charge in [0.1, 0.15) is 36.2 Å². The van der Waals surface area contributed by atoms with Crippen LogP contribution in [-0.2, 0) is 32.1 Å². The minimum Gasteiger partial charge on any atom is -0.492 e. The number of likely N-dealkylation sites (tertiary alicyclic amines) is 1. The zero-order valence-corrected chi connectivity index (χ0v) is 28.2. The molecule has 3 aliphatic rings. The summed E-state index contributed by atoms with van der Waals surface area (Å²) in [6, 6.07) is 13.0. The van der Waals surface area contributed by atoms with E-state index >= 15 is 0 Å². The molecule has 3 atom stereocenters. The average Bonchev–Trinajstić information content (AvgIpc) is 3.59. The summed E-state index contributed by atoms with van der Waals surface area (Å²) in [5.74, 6) is -1.38. The van der Waals surface area contributed by atoms with Crippen LogP contribution >= 0.6 is 0 Å². The summed E-state index contributed by atoms with van der Waals surface area (Å²) in [4.78, 5) is 71.7. The van der Waals surface area contributed by atoms with Crippen molar-refractivity contribution in [1.82, 2.24) is 41.6 Å². The first-order valence-electron chi connectivity index (χ1n) is 16.5. The molecular formula is C34H42N8O8. The van der Waals surface area contributed by atoms with Crippen molar-refractivity contribution in [3.63, 3.8) is 0 Å². The number of benzene rings is 2. The quantitative estimate of drug-likeness (QED) is 0.227. The smallest absolute Gasteiger partial charge is 0.292 e. The Morgan fingerprint density at radius 1 is 0.900 bits per heavy atom. The van der Waals surface area contributed by atoms with E-state index in [4.69, 9.17) is 14.0 Å². The number of aromatic nitrogens is 2. The molecule has 0 saturated carbocycles. The third kappa shape index (κ3) is 9.13. The fourth-order valence-corrected chi connectivity index (χ4v) is 5.62. The number of nitrogens with one attached hydrogen (secondary N) is 5. The maximum Gasteiger partial charge on any atom is 0.292 e. The van der Waals surface area contributed by atoms with Gasteiger partial charge in [-0.25, -0.2) is 0 Å². The number of nitrogens with zero attached hydrogens (tertiary/aromatic N) is 3. The average molecular weight is 691 g/mol. The lowest BCUT2D eigenvalue weighted by atomic mass is 9.89. The van der Waals surface area contributed by atoms with Crippen molar-refractivity contribution in [2.45, 2.75) is 63.4 Å². The number of carbonyl (C=O) groups excluding carboxylic acids is 5. The number of hydrogen-bond acceptors (Lipinski definition) is 11. The van der Waals surface area contributed by atoms with Crippen LogP contribution in [0.3, 0.4) is 0 Å². The van der Waals surface area contributed by atoms with Crippen molar-refractivity contribution in [3.8, 4) is 11.5 Å². The molecule has 16 nitrogen and oxygen atoms in total. The highest BCUT2D eigenvalue weighted by Crippen LogP contribution is 2.31. The van der Waals surface area contributed by atoms with E-state index in [1.165, 1.54) is 14.0 Å². The number of carbonyl (C=O) groups is 5. The molecule has 1 spiro atoms. The minimum absolute atomic E-state index is 0.0730. The fourth-order valence-electron chi connectivity index (χ4n) is 5.62. The Bertz CT molecular complexity index is 1660. The molecule has 6 rings (SSSR count). The van der Waals surface area contributed by atoms with Crippen LogP contribution in [0.15, 0.2) is 59.1 Å². The van der Waals surface area contributed by atoms with Crippen molar-refractivity contribution in [1.29, 1.82) is 0 Å². The Morgan fingerprint density at radius 3 is 2.28 bits per heavy atom. The van der Waals surface area contributed by atoms with Crippen LogP contribution in [0.2, 0.25) is 0 Å². The fraction of sp³-hybridized carbons (Fsp3) is 0.441. The summed E-state index contributed by atoms with van der Waals surface area (Å²) in [5, 5.41) is 17.2. The number of amides is 5. The van der Waals surface area contributed by atoms with Gasteiger partial charge in [0.2, 0.25) is 23.6 Å². The molecule has 3 aromatic rings. The summed E-state index contributed by atoms with van der Waals surface area (Å²) in [5.41, 5.74) is -0.555. The first kappa shape index (κ1) is 35.8. The topological polar surface area (TPSA) is 206 Å². The standard InChI is InChI=1S/C34H42N8O8/c1-21-29(43)36-15-18-48-24-9-11-25(12-10-24)49-34(13-16-42(17-14-34)20-27-40-28(41-50-27)32(46)35-3)33(47)38-22(2)30(44)39-26(31(45)37-21)19-23-7-5-4-6-8-23/h4-12,21-22,26H,13-20H2,1-3H3,(H,35,46)(H,36,43)(H,37,45)(H,38,47)(H,39,44)/t21-,22-,26-/m0/s1. The lowest BCUT2D eigenvalue weighted by Gasteiger charge is -2.40. The summed E-state index contributed by atoms with van der Waals surface area (Å²) in [6.07, 6.45) is 0.654. The van der Waals surface area contributed by atoms with Gasteiger partial charge in [-0.2, -0.15) is 4.98 Å². The first-order valence-corrected chi connectivity index (χ1v) is 16.5. The van der Waals surface area contributed by atoms with E-state index in [0.29, 0.717) is 24.6 Å². The number of rotatable bonds is 5. The van der Waals surface area contributed by atoms with E-state index in [1.807, 2.05) is 35.2 Å². The third-order valence-electron chi connectivity index (χ3n) is 8.55. The van der Waals surface area contributed by atoms with Crippen molar-refractivity contribution in [3.05, 3.63) is 71.9 Å². The van der Waals surface area contributed by atoms with E-state index in [2.05, 4.69) is 36.7 Å². The van der Waals surface area contributed by atoms with E-state index in [9.17, 15) is 24.0 Å². The first-order chi connectivity index (χ1) is 24.0. The van der Waals surface area contributed by atoms with Gasteiger partial charge in [-0.3, -0.25) is 28.9 Å². The highest BCUT2D eigenvalue weighted by molar-refractivity contribution is 5.95. The lowest BCUT2D eigenvalue weighted by Crippen LogP contribution is -2.61. The van der Waals surface area contributed by atoms with Gasteiger partial charge in [-0.05, 0) is 43.7 Å². The molecule has 266 valence electrons. The molecule has 4 heterocycles. The highest BCUT2D eigenvalue weighted by atomic mass is 16.5. The van der Waals surface area contributed by atoms with Crippen molar-refractivity contribution >= 4 is 29.5 Å². The molecule has 5 amide bonds. The largest absolute Gasteiger partial charge is 0.492 e. The molecule has 16 heteroatoms. The molecule has 50 heavy (non-hydrogen) atoms. The second-order valence-electron chi connectivity index (χ2n) is 12.3. The highest BCUT2D eigenvalue weighted by Gasteiger charge is 2.45. The monoisotopic (exact) mass is 690 g/mol. The summed E-state index contributed by atoms with van der Waals surface area (Å²) >= 11 is 0. The molecular weight excluding hydrogens is 648 g/mol. The van der Waals surface area contributed by atoms with Crippen LogP contribution in [0.5, 0.6) is 11.5 Å². The van der Waals surface area contributed by atoms with E-state index in [1.54, 1.807) is 31.2 Å². The van der Waals surface area contributed by atoms with Crippen LogP contribution < -0.4 is 36.1 Å². The summed E-state index contributed by atoms with van der Waals surface area (Å²) < 4.78 is 17.4. The second-order valence-corrected chi connectivity index (χ2v) is 12.3. The Balaban J connectivity index is 1.35. The molecule has 1 aromatic heterocycles. The number of piperidine rings is 1. The van der Waals surface area contributed by atoms with Crippen LogP contribution in [0, 0.1) is 0 Å². The van der Waals surface area contributed by atoms with Crippen molar-refractivity contribution in [2.24, 2.45) is 0 Å². The zero-order chi connectivity index (χ0) is 35.7. The molecule has 3 aliphatic heterocycles. The zero-order valence-electron chi connectivity index (χ0n) is 28.2. The molecule has 0 aliphatic carbocycles. The van der Waals surface area contributed by atoms with Gasteiger partial charge in [0.15, 0.2) is 5.60 Å². The van der Waals surface area contributed by atoms with Gasteiger partial charge < -0.3 is 40.6 Å². The summed E-state index contributed by atoms with van der Waals surface area (Å²) in [7, 11) is 1.47. The number of fused-ring (bicyclic) bond motifs is 15. The van der Waals surface area contributed by atoms with Crippen molar-refractivity contribution in [2.75, 3.05) is 33.3 Å². The Kier molecular flexibility index (Phi) is 11.6. The molecule has 2 bridgehead atoms. The van der Waals surface area contributed by atoms with Crippen molar-refractivity contribution < 1.29 is 38.0 Å². The van der Waals surface area contributed by atoms with E-state index < -0.39 is 53.3 Å². The predicted molar refractivity (Wildman–Crippen MR) is 178 cm³/mol. The third-order valence-corrected chi connectivity index (χ3v) is 8.55. The van der Waals surface area contributed by atoms with Crippen LogP contribution in [0.25, 0.3) is 0 Å². The van der Waals surface area contributed by atoms with Gasteiger partial charge in [-0.15, -0.1) is 0 Å². The Hall–Kier alpha value is -5.51. The van der Waals surface area contributed by atoms with Gasteiger partial charge in [0.25, 0.3) is 17.6 Å². The number of hydrogen-bond donors (Lipinski definition) is 5. The molecule has 1 fully saturated rings. The summed E-state index contributed by atoms with van der Waals surface area (Å²) in [6.45, 7) is 4.50. The Morgan fingerprint density at radius 2 is 1.58 bits per heavy atom. The SMILES string of the molecule is CNC(=O)c1noc(CN2CCC3(CC2)Oc2ccc(cc2)OCCNC(=O)[C@H](C)NC(=O)[C@H](Cc2ccccc2)NC(=O)[C@H](C)NC3=O)n1. The predicted octanol–water partition coefficient (Wildman–Crippen LogP) is 0.0883. The second kappa shape index (κ2) is 16.3. The number of ether oxygens (including phenoxy) is 2. The van der Waals surface area contributed by atoms with Crippen LogP contribution in [0.4, 0.5) is 0 Å².